The first-order chi connectivity index (χ1) is 8.75. The predicted octanol–water partition coefficient (Wildman–Crippen LogP) is 1.79. The second-order valence-electron chi connectivity index (χ2n) is 6.42. The third kappa shape index (κ3) is 4.52. The second-order valence-corrected chi connectivity index (χ2v) is 6.42. The molecule has 106 valence electrons. The van der Waals surface area contributed by atoms with Crippen LogP contribution in [-0.4, -0.2) is 61.7 Å². The van der Waals surface area contributed by atoms with E-state index in [9.17, 15) is 0 Å². The molecule has 0 aromatic rings. The van der Waals surface area contributed by atoms with Crippen molar-refractivity contribution in [2.45, 2.75) is 45.6 Å². The van der Waals surface area contributed by atoms with Gasteiger partial charge < -0.3 is 10.2 Å². The average molecular weight is 253 g/mol. The Morgan fingerprint density at radius 3 is 2.61 bits per heavy atom. The Morgan fingerprint density at radius 2 is 1.89 bits per heavy atom. The molecular formula is C15H31N3. The zero-order chi connectivity index (χ0) is 12.8. The molecule has 0 saturated carbocycles. The lowest BCUT2D eigenvalue weighted by atomic mass is 10.1. The van der Waals surface area contributed by atoms with Crippen LogP contribution in [0.25, 0.3) is 0 Å². The highest BCUT2D eigenvalue weighted by molar-refractivity contribution is 4.85. The first-order valence-corrected chi connectivity index (χ1v) is 7.93. The van der Waals surface area contributed by atoms with E-state index in [0.717, 1.165) is 12.0 Å². The number of nitrogens with zero attached hydrogens (tertiary/aromatic N) is 2. The van der Waals surface area contributed by atoms with Gasteiger partial charge in [-0.3, -0.25) is 4.90 Å². The third-order valence-corrected chi connectivity index (χ3v) is 4.41. The monoisotopic (exact) mass is 253 g/mol. The van der Waals surface area contributed by atoms with Gasteiger partial charge in [-0.25, -0.2) is 0 Å². The van der Waals surface area contributed by atoms with Crippen molar-refractivity contribution >= 4 is 0 Å². The fourth-order valence-electron chi connectivity index (χ4n) is 3.17. The Labute approximate surface area is 113 Å². The molecule has 2 aliphatic rings. The van der Waals surface area contributed by atoms with Gasteiger partial charge in [-0.05, 0) is 57.8 Å². The van der Waals surface area contributed by atoms with Gasteiger partial charge in [0.2, 0.25) is 0 Å². The van der Waals surface area contributed by atoms with Crippen molar-refractivity contribution in [1.82, 2.24) is 15.1 Å². The number of hydrogen-bond donors (Lipinski definition) is 1. The molecule has 0 aromatic heterocycles. The first kappa shape index (κ1) is 14.3. The topological polar surface area (TPSA) is 18.5 Å². The van der Waals surface area contributed by atoms with E-state index in [2.05, 4.69) is 29.0 Å². The van der Waals surface area contributed by atoms with Gasteiger partial charge in [0, 0.05) is 25.7 Å². The Morgan fingerprint density at radius 1 is 1.11 bits per heavy atom. The Kier molecular flexibility index (Phi) is 5.93. The van der Waals surface area contributed by atoms with Crippen molar-refractivity contribution in [3.63, 3.8) is 0 Å². The van der Waals surface area contributed by atoms with E-state index in [0.29, 0.717) is 0 Å². The number of rotatable bonds is 7. The van der Waals surface area contributed by atoms with Crippen molar-refractivity contribution < 1.29 is 0 Å². The summed E-state index contributed by atoms with van der Waals surface area (Å²) in [6, 6.07) is 0.864. The Bertz CT molecular complexity index is 224. The van der Waals surface area contributed by atoms with Gasteiger partial charge in [-0.15, -0.1) is 0 Å². The zero-order valence-electron chi connectivity index (χ0n) is 12.3. The lowest BCUT2D eigenvalue weighted by molar-refractivity contribution is 0.232. The van der Waals surface area contributed by atoms with Crippen molar-refractivity contribution in [2.24, 2.45) is 5.92 Å². The molecule has 2 fully saturated rings. The minimum absolute atomic E-state index is 0.823. The summed E-state index contributed by atoms with van der Waals surface area (Å²) in [4.78, 5) is 5.36. The fourth-order valence-corrected chi connectivity index (χ4v) is 3.17. The van der Waals surface area contributed by atoms with E-state index in [1.54, 1.807) is 0 Å². The van der Waals surface area contributed by atoms with Gasteiger partial charge in [0.1, 0.15) is 0 Å². The molecule has 18 heavy (non-hydrogen) atoms. The van der Waals surface area contributed by atoms with Crippen LogP contribution in [-0.2, 0) is 0 Å². The first-order valence-electron chi connectivity index (χ1n) is 7.93. The molecule has 0 aliphatic carbocycles. The van der Waals surface area contributed by atoms with Crippen molar-refractivity contribution in [1.29, 1.82) is 0 Å². The molecule has 2 heterocycles. The van der Waals surface area contributed by atoms with Crippen LogP contribution in [0.2, 0.25) is 0 Å². The van der Waals surface area contributed by atoms with E-state index in [4.69, 9.17) is 0 Å². The van der Waals surface area contributed by atoms with Gasteiger partial charge in [-0.1, -0.05) is 13.8 Å². The summed E-state index contributed by atoms with van der Waals surface area (Å²) in [6.07, 6.45) is 5.54. The number of hydrogen-bond acceptors (Lipinski definition) is 3. The van der Waals surface area contributed by atoms with Crippen molar-refractivity contribution in [3.05, 3.63) is 0 Å². The fraction of sp³-hybridized carbons (Fsp3) is 1.00. The van der Waals surface area contributed by atoms with Crippen LogP contribution in [0.5, 0.6) is 0 Å². The van der Waals surface area contributed by atoms with E-state index < -0.39 is 0 Å². The standard InChI is InChI=1S/C15H31N3/c1-14(2)5-7-16-8-12-17-11-6-15(13-17)18-9-3-4-10-18/h14-16H,3-13H2,1-2H3. The van der Waals surface area contributed by atoms with Gasteiger partial charge in [0.05, 0.1) is 0 Å². The maximum absolute atomic E-state index is 3.57. The van der Waals surface area contributed by atoms with E-state index in [-0.39, 0.29) is 0 Å². The van der Waals surface area contributed by atoms with Crippen LogP contribution in [0.1, 0.15) is 39.5 Å². The summed E-state index contributed by atoms with van der Waals surface area (Å²) in [5.74, 6) is 0.823. The molecule has 0 spiro atoms. The predicted molar refractivity (Wildman–Crippen MR) is 78.0 cm³/mol. The smallest absolute Gasteiger partial charge is 0.0235 e. The molecular weight excluding hydrogens is 222 g/mol. The molecule has 1 atom stereocenters. The zero-order valence-corrected chi connectivity index (χ0v) is 12.3. The summed E-state index contributed by atoms with van der Waals surface area (Å²) in [5.41, 5.74) is 0. The molecule has 0 radical (unpaired) electrons. The lowest BCUT2D eigenvalue weighted by Gasteiger charge is -2.23. The van der Waals surface area contributed by atoms with Crippen molar-refractivity contribution in [2.75, 3.05) is 45.8 Å². The Balaban J connectivity index is 1.52. The molecule has 2 rings (SSSR count). The molecule has 2 aliphatic heterocycles. The highest BCUT2D eigenvalue weighted by Crippen LogP contribution is 2.19. The van der Waals surface area contributed by atoms with Crippen LogP contribution in [0.15, 0.2) is 0 Å². The SMILES string of the molecule is CC(C)CCNCCN1CCC(N2CCCC2)C1. The van der Waals surface area contributed by atoms with Crippen LogP contribution >= 0.6 is 0 Å². The maximum Gasteiger partial charge on any atom is 0.0235 e. The highest BCUT2D eigenvalue weighted by Gasteiger charge is 2.28. The summed E-state index contributed by atoms with van der Waals surface area (Å²) in [7, 11) is 0. The maximum atomic E-state index is 3.57. The van der Waals surface area contributed by atoms with Crippen LogP contribution < -0.4 is 5.32 Å². The average Bonchev–Trinajstić information content (AvgIpc) is 2.98. The van der Waals surface area contributed by atoms with Crippen LogP contribution in [0.3, 0.4) is 0 Å². The van der Waals surface area contributed by atoms with Gasteiger partial charge in [0.25, 0.3) is 0 Å². The van der Waals surface area contributed by atoms with Crippen LogP contribution in [0, 0.1) is 5.92 Å². The second kappa shape index (κ2) is 7.46. The van der Waals surface area contributed by atoms with Crippen LogP contribution in [0.4, 0.5) is 0 Å². The molecule has 1 N–H and O–H groups in total. The molecule has 0 aromatic carbocycles. The molecule has 0 bridgehead atoms. The molecule has 2 saturated heterocycles. The third-order valence-electron chi connectivity index (χ3n) is 4.41. The normalized spacial score (nSPS) is 26.5. The molecule has 0 amide bonds. The minimum atomic E-state index is 0.823. The number of nitrogens with one attached hydrogen (secondary N) is 1. The highest BCUT2D eigenvalue weighted by atomic mass is 15.3. The molecule has 3 nitrogen and oxygen atoms in total. The number of likely N-dealkylation sites (tertiary alicyclic amines) is 2. The molecule has 3 heteroatoms. The lowest BCUT2D eigenvalue weighted by Crippen LogP contribution is -2.37. The van der Waals surface area contributed by atoms with Gasteiger partial charge >= 0.3 is 0 Å². The Hall–Kier alpha value is -0.120. The molecule has 1 unspecified atom stereocenters. The van der Waals surface area contributed by atoms with E-state index in [1.165, 1.54) is 71.5 Å². The summed E-state index contributed by atoms with van der Waals surface area (Å²) < 4.78 is 0. The summed E-state index contributed by atoms with van der Waals surface area (Å²) in [5, 5.41) is 3.57. The van der Waals surface area contributed by atoms with Gasteiger partial charge in [-0.2, -0.15) is 0 Å². The van der Waals surface area contributed by atoms with Gasteiger partial charge in [0.15, 0.2) is 0 Å². The van der Waals surface area contributed by atoms with E-state index in [1.807, 2.05) is 0 Å². The summed E-state index contributed by atoms with van der Waals surface area (Å²) >= 11 is 0. The quantitative estimate of drug-likeness (QED) is 0.698. The minimum Gasteiger partial charge on any atom is -0.315 e. The van der Waals surface area contributed by atoms with Crippen molar-refractivity contribution in [3.8, 4) is 0 Å². The summed E-state index contributed by atoms with van der Waals surface area (Å²) in [6.45, 7) is 13.5. The van der Waals surface area contributed by atoms with E-state index >= 15 is 0 Å². The largest absolute Gasteiger partial charge is 0.315 e.